The van der Waals surface area contributed by atoms with E-state index in [0.29, 0.717) is 0 Å². The molecule has 2 N–H and O–H groups in total. The third-order valence-electron chi connectivity index (χ3n) is 3.79. The molecule has 1 aliphatic heterocycles. The summed E-state index contributed by atoms with van der Waals surface area (Å²) in [7, 11) is 0. The number of allylic oxidation sites excluding steroid dienone is 2. The number of rotatable bonds is 2. The van der Waals surface area contributed by atoms with Crippen molar-refractivity contribution >= 4 is 17.2 Å². The second-order valence-electron chi connectivity index (χ2n) is 6.10. The first-order chi connectivity index (χ1) is 12.1. The number of hydrogen-bond donors (Lipinski definition) is 1. The average Bonchev–Trinajstić information content (AvgIpc) is 2.56. The van der Waals surface area contributed by atoms with Gasteiger partial charge in [0.15, 0.2) is 0 Å². The summed E-state index contributed by atoms with van der Waals surface area (Å²) in [5.74, 6) is 0.250. The molecule has 0 aromatic heterocycles. The molecule has 0 saturated heterocycles. The van der Waals surface area contributed by atoms with Crippen molar-refractivity contribution in [1.29, 1.82) is 0 Å². The van der Waals surface area contributed by atoms with Gasteiger partial charge in [0.25, 0.3) is 0 Å². The van der Waals surface area contributed by atoms with Crippen LogP contribution in [0.15, 0.2) is 65.4 Å². The summed E-state index contributed by atoms with van der Waals surface area (Å²) in [6, 6.07) is 19.9. The predicted molar refractivity (Wildman–Crippen MR) is 104 cm³/mol. The van der Waals surface area contributed by atoms with E-state index in [0.717, 1.165) is 24.1 Å². The van der Waals surface area contributed by atoms with Gasteiger partial charge in [-0.3, -0.25) is 4.79 Å². The summed E-state index contributed by atoms with van der Waals surface area (Å²) in [6.07, 6.45) is 5.92. The molecule has 0 fully saturated rings. The molecule has 0 atom stereocenters. The number of hydrogen-bond acceptors (Lipinski definition) is 2. The number of fused-ring (bicyclic) bond motifs is 1. The van der Waals surface area contributed by atoms with E-state index >= 15 is 0 Å². The van der Waals surface area contributed by atoms with Crippen LogP contribution in [0.2, 0.25) is 0 Å². The Labute approximate surface area is 169 Å². The molecule has 2 aromatic rings. The minimum absolute atomic E-state index is 0. The van der Waals surface area contributed by atoms with Gasteiger partial charge in [-0.1, -0.05) is 24.6 Å². The van der Waals surface area contributed by atoms with E-state index in [1.54, 1.807) is 0 Å². The van der Waals surface area contributed by atoms with E-state index in [2.05, 4.69) is 42.5 Å². The zero-order chi connectivity index (χ0) is 18.1. The normalized spacial score (nSPS) is 13.6. The Balaban J connectivity index is 0.000000366. The smallest absolute Gasteiger partial charge is 0.316 e. The molecule has 139 valence electrons. The number of aliphatic hydroxyl groups is 1. The Kier molecular flexibility index (Phi) is 9.79. The second-order valence-corrected chi connectivity index (χ2v) is 6.10. The number of aliphatic hydroxyl groups excluding tert-OH is 1. The number of para-hydroxylation sites is 1. The summed E-state index contributed by atoms with van der Waals surface area (Å²) >= 11 is 0. The van der Waals surface area contributed by atoms with Crippen LogP contribution in [0.4, 0.5) is 5.69 Å². The van der Waals surface area contributed by atoms with Crippen molar-refractivity contribution in [2.24, 2.45) is 4.99 Å². The zero-order valence-electron chi connectivity index (χ0n) is 15.2. The van der Waals surface area contributed by atoms with E-state index in [1.807, 2.05) is 12.1 Å². The van der Waals surface area contributed by atoms with Crippen molar-refractivity contribution < 1.29 is 30.0 Å². The molecule has 0 amide bonds. The number of aliphatic imine (C=N–C) groups is 1. The first-order valence-electron chi connectivity index (χ1n) is 8.58. The van der Waals surface area contributed by atoms with Gasteiger partial charge in [-0.15, -0.1) is 35.9 Å². The molecule has 26 heavy (non-hydrogen) atoms. The number of ketones is 1. The Morgan fingerprint density at radius 3 is 2.38 bits per heavy atom. The minimum Gasteiger partial charge on any atom is -0.512 e. The van der Waals surface area contributed by atoms with Crippen LogP contribution < -0.4 is 0 Å². The van der Waals surface area contributed by atoms with E-state index in [1.165, 1.54) is 44.0 Å². The summed E-state index contributed by atoms with van der Waals surface area (Å²) in [5.41, 5.74) is 4.80. The Morgan fingerprint density at radius 1 is 1.08 bits per heavy atom. The van der Waals surface area contributed by atoms with Gasteiger partial charge in [0.05, 0.1) is 24.4 Å². The monoisotopic (exact) mass is 528 g/mol. The van der Waals surface area contributed by atoms with E-state index in [4.69, 9.17) is 14.9 Å². The minimum atomic E-state index is 0. The summed E-state index contributed by atoms with van der Waals surface area (Å²) in [6.45, 7) is 3.00. The quantitative estimate of drug-likeness (QED) is 0.244. The molecular formula is C22H25IrNO2. The molecule has 0 aliphatic carbocycles. The zero-order valence-corrected chi connectivity index (χ0v) is 17.6. The van der Waals surface area contributed by atoms with E-state index in [9.17, 15) is 0 Å². The van der Waals surface area contributed by atoms with E-state index < -0.39 is 0 Å². The molecular weight excluding hydrogens is 502 g/mol. The first kappa shape index (κ1) is 22.0. The fraction of sp³-hybridized carbons (Fsp3) is 0.273. The number of aryl methyl sites for hydroxylation is 1. The molecule has 1 radical (unpaired) electrons. The maximum Gasteiger partial charge on any atom is 0.316 e. The summed E-state index contributed by atoms with van der Waals surface area (Å²) in [5, 5.41) is 8.40. The molecule has 1 heterocycles. The fourth-order valence-corrected chi connectivity index (χ4v) is 2.71. The molecule has 3 rings (SSSR count). The van der Waals surface area contributed by atoms with Gasteiger partial charge in [-0.05, 0) is 43.5 Å². The molecule has 0 bridgehead atoms. The number of carbonyl (C=O) groups excluding carboxylic acids is 1. The number of nitrogens with zero attached hydrogens (tertiary/aromatic N) is 1. The standard InChI is InChI=1S/C17H16N.C5H8O2.Ir/c1-2-8-14(9-3-1)16-12-6-4-10-15-11-5-7-13-17(15)18-16;1-4(6)3-5(2)7;/h1-3,5,7-8,11,13H,4,6,10,12H2;3,6H,1-2H3;/q-1;;/p+1/b;4-3-;. The maximum atomic E-state index is 8.40. The molecule has 0 spiro atoms. The summed E-state index contributed by atoms with van der Waals surface area (Å²) in [4.78, 5) is 13.3. The predicted octanol–water partition coefficient (Wildman–Crippen LogP) is 5.34. The van der Waals surface area contributed by atoms with Crippen molar-refractivity contribution in [2.75, 3.05) is 0 Å². The largest absolute Gasteiger partial charge is 0.512 e. The van der Waals surface area contributed by atoms with Crippen LogP contribution in [0.1, 0.15) is 44.2 Å². The van der Waals surface area contributed by atoms with Crippen LogP contribution in [0.25, 0.3) is 0 Å². The molecule has 1 aliphatic rings. The average molecular weight is 528 g/mol. The van der Waals surface area contributed by atoms with Crippen LogP contribution in [-0.4, -0.2) is 21.4 Å². The van der Waals surface area contributed by atoms with Crippen molar-refractivity contribution in [2.45, 2.75) is 39.5 Å². The van der Waals surface area contributed by atoms with Crippen LogP contribution in [0, 0.1) is 6.07 Å². The third kappa shape index (κ3) is 7.47. The second kappa shape index (κ2) is 11.6. The van der Waals surface area contributed by atoms with Gasteiger partial charge >= 0.3 is 5.78 Å². The fourth-order valence-electron chi connectivity index (χ4n) is 2.71. The Morgan fingerprint density at radius 2 is 1.77 bits per heavy atom. The first-order valence-corrected chi connectivity index (χ1v) is 8.58. The van der Waals surface area contributed by atoms with Crippen LogP contribution in [0.5, 0.6) is 0 Å². The maximum absolute atomic E-state index is 8.40. The van der Waals surface area contributed by atoms with Crippen molar-refractivity contribution in [3.63, 3.8) is 0 Å². The van der Waals surface area contributed by atoms with Crippen molar-refractivity contribution in [3.05, 3.63) is 77.6 Å². The Hall–Kier alpha value is -2.03. The Bertz CT molecular complexity index is 763. The van der Waals surface area contributed by atoms with Crippen LogP contribution in [-0.2, 0) is 26.5 Å². The molecule has 4 heteroatoms. The van der Waals surface area contributed by atoms with Crippen molar-refractivity contribution in [1.82, 2.24) is 0 Å². The van der Waals surface area contributed by atoms with Crippen molar-refractivity contribution in [3.8, 4) is 0 Å². The molecule has 0 unspecified atom stereocenters. The van der Waals surface area contributed by atoms with Gasteiger partial charge in [0.1, 0.15) is 0 Å². The summed E-state index contributed by atoms with van der Waals surface area (Å²) < 4.78 is 0. The van der Waals surface area contributed by atoms with Gasteiger partial charge in [0, 0.05) is 20.1 Å². The molecule has 3 nitrogen and oxygen atoms in total. The van der Waals surface area contributed by atoms with Crippen LogP contribution >= 0.6 is 0 Å². The van der Waals surface area contributed by atoms with Gasteiger partial charge in [-0.2, -0.15) is 0 Å². The van der Waals surface area contributed by atoms with Crippen LogP contribution in [0.3, 0.4) is 0 Å². The van der Waals surface area contributed by atoms with E-state index in [-0.39, 0.29) is 31.6 Å². The van der Waals surface area contributed by atoms with Gasteiger partial charge in [-0.25, -0.2) is 0 Å². The SMILES string of the molecule is CC(=[OH+])/C=C(/C)O.[Ir].[c-]1ccccc1C1=Nc2ccccc2CCCC1. The molecule has 2 aromatic carbocycles. The third-order valence-corrected chi connectivity index (χ3v) is 3.79. The number of benzene rings is 2. The topological polar surface area (TPSA) is 54.0 Å². The molecule has 0 saturated carbocycles. The van der Waals surface area contributed by atoms with Gasteiger partial charge < -0.3 is 10.1 Å². The van der Waals surface area contributed by atoms with Gasteiger partial charge in [0.2, 0.25) is 0 Å².